The summed E-state index contributed by atoms with van der Waals surface area (Å²) in [6, 6.07) is 8.48. The maximum Gasteiger partial charge on any atom is 0.673 e. The molecular weight excluding hydrogens is 1040 g/mol. The number of pyridine rings is 1. The molecule has 2 atom stereocenters. The highest BCUT2D eigenvalue weighted by Crippen LogP contribution is 2.45. The summed E-state index contributed by atoms with van der Waals surface area (Å²) in [5, 5.41) is 12.0. The minimum absolute atomic E-state index is 0.0681. The summed E-state index contributed by atoms with van der Waals surface area (Å²) >= 11 is 0. The number of nitro benzene ring substituents is 1. The third-order valence-corrected chi connectivity index (χ3v) is 27.9. The van der Waals surface area contributed by atoms with Crippen molar-refractivity contribution in [3.63, 3.8) is 0 Å². The number of benzene rings is 1. The second-order valence-corrected chi connectivity index (χ2v) is 37.7. The summed E-state index contributed by atoms with van der Waals surface area (Å²) in [6.07, 6.45) is 4.63. The van der Waals surface area contributed by atoms with E-state index in [1.165, 1.54) is 12.1 Å². The predicted octanol–water partition coefficient (Wildman–Crippen LogP) is 11.7. The van der Waals surface area contributed by atoms with E-state index in [9.17, 15) is 10.1 Å². The predicted molar refractivity (Wildman–Crippen MR) is 295 cm³/mol. The van der Waals surface area contributed by atoms with E-state index in [0.29, 0.717) is 12.0 Å². The van der Waals surface area contributed by atoms with Gasteiger partial charge in [-0.3, -0.25) is 20.1 Å². The third-order valence-electron chi connectivity index (χ3n) is 8.60. The summed E-state index contributed by atoms with van der Waals surface area (Å²) in [7, 11) is -24.2. The van der Waals surface area contributed by atoms with Crippen LogP contribution in [0.15, 0.2) is 47.7 Å². The molecular formula is C50H93N3O16Si5. The fourth-order valence-corrected chi connectivity index (χ4v) is 28.4. The van der Waals surface area contributed by atoms with Gasteiger partial charge in [0.05, 0.1) is 44.1 Å². The second-order valence-electron chi connectivity index (χ2n) is 25.8. The first-order valence-electron chi connectivity index (χ1n) is 25.6. The minimum atomic E-state index is -4.95. The lowest BCUT2D eigenvalue weighted by Crippen LogP contribution is -2.79. The van der Waals surface area contributed by atoms with Crippen molar-refractivity contribution in [3.05, 3.63) is 69.5 Å². The maximum atomic E-state index is 12.0. The number of aliphatic imine (C=N–C) groups is 1. The Morgan fingerprint density at radius 3 is 1.47 bits per heavy atom. The molecule has 1 saturated heterocycles. The fourth-order valence-electron chi connectivity index (χ4n) is 7.06. The highest BCUT2D eigenvalue weighted by Gasteiger charge is 2.78. The lowest BCUT2D eigenvalue weighted by molar-refractivity contribution is -0.384. The van der Waals surface area contributed by atoms with Crippen LogP contribution < -0.4 is 0 Å². The molecule has 0 radical (unpaired) electrons. The normalized spacial score (nSPS) is 20.9. The van der Waals surface area contributed by atoms with E-state index in [4.69, 9.17) is 65.4 Å². The van der Waals surface area contributed by atoms with Crippen LogP contribution >= 0.6 is 0 Å². The molecule has 2 heterocycles. The van der Waals surface area contributed by atoms with Gasteiger partial charge in [-0.1, -0.05) is 6.07 Å². The molecule has 1 aromatic heterocycles. The number of nitrogens with zero attached hydrogens (tertiary/aromatic N) is 3. The molecule has 0 amide bonds. The van der Waals surface area contributed by atoms with Crippen molar-refractivity contribution in [2.24, 2.45) is 4.99 Å². The van der Waals surface area contributed by atoms with E-state index in [1.54, 1.807) is 24.7 Å². The Bertz CT molecular complexity index is 2100. The number of hydrogen-bond donors (Lipinski definition) is 0. The van der Waals surface area contributed by atoms with E-state index < -0.39 is 101 Å². The SMILES string of the molecule is CC(C)O[Si](OC(C)(C)C)(OC(C)(C)C)O[Si]1(CCC/N=C/c2cc([N+](=O)[O-])ccc2Cc2ccncc2)O[Si](OC(C)C)(OC(C)(C)C)O[Si](OC(C)(C)C)(OC(C)(C)C)O[Si](OC(C)(C)C)(OC(C)(C)C)O1. The Morgan fingerprint density at radius 2 is 1.05 bits per heavy atom. The molecule has 0 N–H and O–H groups in total. The van der Waals surface area contributed by atoms with Gasteiger partial charge >= 0.3 is 45.0 Å². The molecule has 0 bridgehead atoms. The standard InChI is InChI=1S/C50H93N3O16Si5/c1-38(2)56-71(58-44(5,6)7,59-45(8,9)10)65-70(34-26-31-52-37-42-36-43(53(54)55)28-27-41(42)35-40-29-32-51-33-30-40)66-72(57-39(3)4,60-46(11,12)13)68-74(63-49(20,21)22,64-50(23,24)25)69-73(67-70,61-47(14,15)16)62-48(17,18)19/h27-30,32-33,36-39H,26,31,34-35H2,1-25H3/b52-37+. The monoisotopic (exact) mass is 1130 g/mol. The van der Waals surface area contributed by atoms with Gasteiger partial charge in [-0.25, -0.2) is 0 Å². The average Bonchev–Trinajstić information content (AvgIpc) is 3.08. The molecule has 2 unspecified atom stereocenters. The van der Waals surface area contributed by atoms with Crippen LogP contribution in [-0.4, -0.2) is 119 Å². The number of aromatic nitrogens is 1. The summed E-state index contributed by atoms with van der Waals surface area (Å²) < 4.78 is 101. The quantitative estimate of drug-likeness (QED) is 0.0376. The van der Waals surface area contributed by atoms with Crippen LogP contribution in [0.5, 0.6) is 0 Å². The minimum Gasteiger partial charge on any atom is -0.350 e. The fraction of sp³-hybridized carbons (Fsp3) is 0.760. The van der Waals surface area contributed by atoms with E-state index >= 15 is 0 Å². The molecule has 24 heteroatoms. The van der Waals surface area contributed by atoms with Gasteiger partial charge in [-0.05, 0) is 209 Å². The highest BCUT2D eigenvalue weighted by molar-refractivity contribution is 6.87. The van der Waals surface area contributed by atoms with Crippen molar-refractivity contribution in [2.75, 3.05) is 6.54 Å². The summed E-state index contributed by atoms with van der Waals surface area (Å²) in [4.78, 5) is 20.6. The topological polar surface area (TPSA) is 198 Å². The Balaban J connectivity index is 2.62. The molecule has 0 saturated carbocycles. The summed E-state index contributed by atoms with van der Waals surface area (Å²) in [5.41, 5.74) is -4.62. The zero-order chi connectivity index (χ0) is 56.8. The van der Waals surface area contributed by atoms with E-state index in [0.717, 1.165) is 11.1 Å². The Kier molecular flexibility index (Phi) is 22.0. The van der Waals surface area contributed by atoms with Crippen molar-refractivity contribution < 1.29 is 65.3 Å². The largest absolute Gasteiger partial charge is 0.673 e. The van der Waals surface area contributed by atoms with Crippen LogP contribution in [-0.2, 0) is 66.8 Å². The number of rotatable bonds is 21. The van der Waals surface area contributed by atoms with Gasteiger partial charge in [0.2, 0.25) is 0 Å². The molecule has 0 aliphatic carbocycles. The lowest BCUT2D eigenvalue weighted by Gasteiger charge is -2.52. The van der Waals surface area contributed by atoms with Gasteiger partial charge in [0.15, 0.2) is 0 Å². The van der Waals surface area contributed by atoms with Gasteiger partial charge in [0, 0.05) is 61.1 Å². The summed E-state index contributed by atoms with van der Waals surface area (Å²) in [5.74, 6) is 0. The Morgan fingerprint density at radius 1 is 0.622 bits per heavy atom. The van der Waals surface area contributed by atoms with Gasteiger partial charge in [0.1, 0.15) is 0 Å². The Hall–Kier alpha value is -2.04. The molecule has 19 nitrogen and oxygen atoms in total. The zero-order valence-corrected chi connectivity index (χ0v) is 54.5. The first-order chi connectivity index (χ1) is 33.2. The lowest BCUT2D eigenvalue weighted by atomic mass is 10.0. The van der Waals surface area contributed by atoms with Crippen LogP contribution in [0.1, 0.15) is 196 Å². The van der Waals surface area contributed by atoms with E-state index in [-0.39, 0.29) is 24.7 Å². The first kappa shape index (κ1) is 66.2. The van der Waals surface area contributed by atoms with Crippen molar-refractivity contribution in [2.45, 2.75) is 243 Å². The molecule has 1 fully saturated rings. The number of non-ortho nitro benzene ring substituents is 1. The molecule has 1 aliphatic heterocycles. The molecule has 424 valence electrons. The molecule has 3 rings (SSSR count). The van der Waals surface area contributed by atoms with Crippen LogP contribution in [0, 0.1) is 10.1 Å². The van der Waals surface area contributed by atoms with E-state index in [1.807, 2.05) is 185 Å². The van der Waals surface area contributed by atoms with Crippen LogP contribution in [0.4, 0.5) is 5.69 Å². The van der Waals surface area contributed by atoms with Crippen molar-refractivity contribution in [1.82, 2.24) is 4.98 Å². The van der Waals surface area contributed by atoms with Gasteiger partial charge in [-0.2, -0.15) is 0 Å². The molecule has 1 aliphatic rings. The third kappa shape index (κ3) is 23.9. The zero-order valence-electron chi connectivity index (χ0n) is 49.5. The molecule has 1 aromatic carbocycles. The van der Waals surface area contributed by atoms with Crippen molar-refractivity contribution in [1.29, 1.82) is 0 Å². The van der Waals surface area contributed by atoms with Gasteiger partial charge in [-0.15, -0.1) is 0 Å². The maximum absolute atomic E-state index is 12.0. The second kappa shape index (κ2) is 24.5. The van der Waals surface area contributed by atoms with Crippen molar-refractivity contribution >= 4 is 56.9 Å². The van der Waals surface area contributed by atoms with E-state index in [2.05, 4.69) is 4.98 Å². The van der Waals surface area contributed by atoms with Crippen LogP contribution in [0.25, 0.3) is 0 Å². The average molecular weight is 1130 g/mol. The Labute approximate surface area is 449 Å². The van der Waals surface area contributed by atoms with Crippen molar-refractivity contribution in [3.8, 4) is 0 Å². The number of nitro groups is 1. The van der Waals surface area contributed by atoms with Gasteiger partial charge < -0.3 is 60.4 Å². The molecule has 0 spiro atoms. The number of hydrogen-bond acceptors (Lipinski definition) is 18. The summed E-state index contributed by atoms with van der Waals surface area (Å²) in [6.45, 7) is 46.6. The smallest absolute Gasteiger partial charge is 0.350 e. The highest BCUT2D eigenvalue weighted by atomic mass is 28.6. The van der Waals surface area contributed by atoms with Gasteiger partial charge in [0.25, 0.3) is 5.69 Å². The van der Waals surface area contributed by atoms with Crippen LogP contribution in [0.2, 0.25) is 6.04 Å². The molecule has 74 heavy (non-hydrogen) atoms. The van der Waals surface area contributed by atoms with Crippen LogP contribution in [0.3, 0.4) is 0 Å². The first-order valence-corrected chi connectivity index (χ1v) is 34.1. The molecule has 2 aromatic rings.